The van der Waals surface area contributed by atoms with Crippen LogP contribution in [0.4, 0.5) is 5.69 Å². The van der Waals surface area contributed by atoms with Crippen LogP contribution in [0.5, 0.6) is 0 Å². The maximum absolute atomic E-state index is 13.1. The number of rotatable bonds is 5. The first-order chi connectivity index (χ1) is 12.8. The van der Waals surface area contributed by atoms with Crippen molar-refractivity contribution in [2.24, 2.45) is 0 Å². The summed E-state index contributed by atoms with van der Waals surface area (Å²) >= 11 is 0. The summed E-state index contributed by atoms with van der Waals surface area (Å²) in [4.78, 5) is 14.8. The van der Waals surface area contributed by atoms with Crippen LogP contribution in [0, 0.1) is 0 Å². The lowest BCUT2D eigenvalue weighted by Gasteiger charge is -2.20. The topological polar surface area (TPSA) is 51.3 Å². The monoisotopic (exact) mass is 343 g/mol. The second kappa shape index (κ2) is 7.11. The van der Waals surface area contributed by atoms with Gasteiger partial charge < -0.3 is 4.42 Å². The smallest absolute Gasteiger partial charge is 0.279 e. The molecule has 0 fully saturated rings. The molecule has 0 atom stereocenters. The molecule has 2 heterocycles. The van der Waals surface area contributed by atoms with Crippen molar-refractivity contribution in [3.8, 4) is 5.69 Å². The molecular formula is C21H17N3O2. The van der Waals surface area contributed by atoms with Crippen LogP contribution in [0.2, 0.25) is 0 Å². The molecule has 2 aromatic carbocycles. The quantitative estimate of drug-likeness (QED) is 0.542. The molecule has 5 nitrogen and oxygen atoms in total. The number of hydrogen-bond donors (Lipinski definition) is 0. The summed E-state index contributed by atoms with van der Waals surface area (Å²) in [5, 5.41) is 4.45. The Bertz CT molecular complexity index is 977. The van der Waals surface area contributed by atoms with Gasteiger partial charge >= 0.3 is 0 Å². The van der Waals surface area contributed by atoms with Crippen LogP contribution in [-0.2, 0) is 6.54 Å². The number of hydrogen-bond acceptors (Lipinski definition) is 3. The predicted octanol–water partition coefficient (Wildman–Crippen LogP) is 4.31. The third kappa shape index (κ3) is 3.28. The normalized spacial score (nSPS) is 10.6. The molecule has 0 radical (unpaired) electrons. The Morgan fingerprint density at radius 1 is 0.923 bits per heavy atom. The second-order valence-electron chi connectivity index (χ2n) is 5.79. The number of anilines is 1. The Hall–Kier alpha value is -3.60. The zero-order chi connectivity index (χ0) is 17.8. The fourth-order valence-electron chi connectivity index (χ4n) is 2.75. The van der Waals surface area contributed by atoms with Gasteiger partial charge in [0, 0.05) is 11.9 Å². The maximum atomic E-state index is 13.1. The molecule has 2 aromatic heterocycles. The van der Waals surface area contributed by atoms with Crippen molar-refractivity contribution in [3.63, 3.8) is 0 Å². The highest BCUT2D eigenvalue weighted by atomic mass is 16.3. The Morgan fingerprint density at radius 2 is 1.65 bits per heavy atom. The molecule has 4 aromatic rings. The van der Waals surface area contributed by atoms with E-state index in [1.807, 2.05) is 72.8 Å². The van der Waals surface area contributed by atoms with Crippen LogP contribution >= 0.6 is 0 Å². The van der Waals surface area contributed by atoms with Crippen molar-refractivity contribution in [1.29, 1.82) is 0 Å². The molecule has 0 saturated heterocycles. The van der Waals surface area contributed by atoms with Crippen molar-refractivity contribution < 1.29 is 9.21 Å². The molecule has 0 unspecified atom stereocenters. The summed E-state index contributed by atoms with van der Waals surface area (Å²) in [5.41, 5.74) is 2.08. The first-order valence-corrected chi connectivity index (χ1v) is 8.32. The largest absolute Gasteiger partial charge is 0.467 e. The van der Waals surface area contributed by atoms with Crippen LogP contribution in [0.15, 0.2) is 95.7 Å². The van der Waals surface area contributed by atoms with Gasteiger partial charge in [-0.1, -0.05) is 36.4 Å². The van der Waals surface area contributed by atoms with Gasteiger partial charge in [-0.3, -0.25) is 9.69 Å². The van der Waals surface area contributed by atoms with Crippen LogP contribution in [0.3, 0.4) is 0 Å². The van der Waals surface area contributed by atoms with Gasteiger partial charge in [-0.25, -0.2) is 4.68 Å². The highest BCUT2D eigenvalue weighted by molar-refractivity contribution is 6.04. The van der Waals surface area contributed by atoms with E-state index < -0.39 is 0 Å². The van der Waals surface area contributed by atoms with Crippen molar-refractivity contribution in [1.82, 2.24) is 9.78 Å². The maximum Gasteiger partial charge on any atom is 0.279 e. The summed E-state index contributed by atoms with van der Waals surface area (Å²) in [6.07, 6.45) is 3.39. The molecule has 0 aliphatic carbocycles. The first kappa shape index (κ1) is 15.9. The lowest BCUT2D eigenvalue weighted by atomic mass is 10.2. The number of nitrogens with zero attached hydrogens (tertiary/aromatic N) is 3. The van der Waals surface area contributed by atoms with Gasteiger partial charge in [-0.15, -0.1) is 0 Å². The molecule has 4 rings (SSSR count). The number of para-hydroxylation sites is 2. The first-order valence-electron chi connectivity index (χ1n) is 8.32. The molecule has 128 valence electrons. The third-order valence-corrected chi connectivity index (χ3v) is 4.04. The number of benzene rings is 2. The Balaban J connectivity index is 1.65. The zero-order valence-electron chi connectivity index (χ0n) is 14.0. The Morgan fingerprint density at radius 3 is 2.35 bits per heavy atom. The highest BCUT2D eigenvalue weighted by Gasteiger charge is 2.21. The summed E-state index contributed by atoms with van der Waals surface area (Å²) in [5.74, 6) is 0.534. The minimum absolute atomic E-state index is 0.178. The van der Waals surface area contributed by atoms with Gasteiger partial charge in [-0.2, -0.15) is 5.10 Å². The lowest BCUT2D eigenvalue weighted by Crippen LogP contribution is -2.30. The van der Waals surface area contributed by atoms with Crippen LogP contribution in [0.1, 0.15) is 16.2 Å². The van der Waals surface area contributed by atoms with Gasteiger partial charge in [0.25, 0.3) is 5.91 Å². The van der Waals surface area contributed by atoms with Crippen molar-refractivity contribution in [2.45, 2.75) is 6.54 Å². The van der Waals surface area contributed by atoms with Gasteiger partial charge in [0.05, 0.1) is 18.5 Å². The molecule has 5 heteroatoms. The van der Waals surface area contributed by atoms with Crippen LogP contribution in [-0.4, -0.2) is 15.7 Å². The fourth-order valence-corrected chi connectivity index (χ4v) is 2.75. The standard InChI is InChI=1S/C21H17N3O2/c25-21(20-13-14-24(22-20)18-10-5-2-6-11-18)23(16-19-12-7-15-26-19)17-8-3-1-4-9-17/h1-15H,16H2. The van der Waals surface area contributed by atoms with Gasteiger partial charge in [0.1, 0.15) is 5.76 Å². The Labute approximate surface area is 151 Å². The molecule has 0 bridgehead atoms. The number of carbonyl (C=O) groups excluding carboxylic acids is 1. The van der Waals surface area contributed by atoms with Crippen molar-refractivity contribution >= 4 is 11.6 Å². The third-order valence-electron chi connectivity index (χ3n) is 4.04. The van der Waals surface area contributed by atoms with Gasteiger partial charge in [0.15, 0.2) is 5.69 Å². The second-order valence-corrected chi connectivity index (χ2v) is 5.79. The molecule has 0 aliphatic rings. The van der Waals surface area contributed by atoms with Gasteiger partial charge in [0.2, 0.25) is 0 Å². The van der Waals surface area contributed by atoms with Crippen LogP contribution < -0.4 is 4.90 Å². The number of carbonyl (C=O) groups is 1. The number of amides is 1. The molecule has 0 spiro atoms. The zero-order valence-corrected chi connectivity index (χ0v) is 14.0. The van der Waals surface area contributed by atoms with Crippen molar-refractivity contribution in [3.05, 3.63) is 103 Å². The van der Waals surface area contributed by atoms with Crippen LogP contribution in [0.25, 0.3) is 5.69 Å². The average molecular weight is 343 g/mol. The highest BCUT2D eigenvalue weighted by Crippen LogP contribution is 2.20. The van der Waals surface area contributed by atoms with E-state index in [0.29, 0.717) is 18.0 Å². The Kier molecular flexibility index (Phi) is 4.35. The summed E-state index contributed by atoms with van der Waals surface area (Å²) in [7, 11) is 0. The van der Waals surface area contributed by atoms with E-state index in [1.54, 1.807) is 28.1 Å². The predicted molar refractivity (Wildman–Crippen MR) is 99.2 cm³/mol. The molecular weight excluding hydrogens is 326 g/mol. The fraction of sp³-hybridized carbons (Fsp3) is 0.0476. The molecule has 0 N–H and O–H groups in total. The van der Waals surface area contributed by atoms with E-state index in [0.717, 1.165) is 11.4 Å². The minimum Gasteiger partial charge on any atom is -0.467 e. The van der Waals surface area contributed by atoms with E-state index in [1.165, 1.54) is 0 Å². The molecule has 0 aliphatic heterocycles. The molecule has 26 heavy (non-hydrogen) atoms. The molecule has 1 amide bonds. The van der Waals surface area contributed by atoms with E-state index in [4.69, 9.17) is 4.42 Å². The van der Waals surface area contributed by atoms with E-state index in [9.17, 15) is 4.79 Å². The summed E-state index contributed by atoms with van der Waals surface area (Å²) in [6, 6.07) is 24.6. The van der Waals surface area contributed by atoms with Crippen molar-refractivity contribution in [2.75, 3.05) is 4.90 Å². The molecule has 0 saturated carbocycles. The van der Waals surface area contributed by atoms with E-state index in [-0.39, 0.29) is 5.91 Å². The summed E-state index contributed by atoms with van der Waals surface area (Å²) < 4.78 is 7.12. The number of aromatic nitrogens is 2. The SMILES string of the molecule is O=C(c1ccn(-c2ccccc2)n1)N(Cc1ccco1)c1ccccc1. The average Bonchev–Trinajstić information content (AvgIpc) is 3.39. The van der Waals surface area contributed by atoms with Gasteiger partial charge in [-0.05, 0) is 42.5 Å². The number of furan rings is 1. The summed E-state index contributed by atoms with van der Waals surface area (Å²) in [6.45, 7) is 0.341. The van der Waals surface area contributed by atoms with E-state index in [2.05, 4.69) is 5.10 Å². The lowest BCUT2D eigenvalue weighted by molar-refractivity contribution is 0.0978. The minimum atomic E-state index is -0.178. The van der Waals surface area contributed by atoms with E-state index >= 15 is 0 Å².